The van der Waals surface area contributed by atoms with Crippen molar-refractivity contribution < 1.29 is 4.79 Å². The maximum absolute atomic E-state index is 11.7. The Balaban J connectivity index is 2.51. The summed E-state index contributed by atoms with van der Waals surface area (Å²) < 4.78 is 0. The molecule has 0 aliphatic carbocycles. The molecule has 0 spiro atoms. The molecule has 0 bridgehead atoms. The molecule has 1 aliphatic heterocycles. The first-order valence-corrected chi connectivity index (χ1v) is 5.21. The average Bonchev–Trinajstić information content (AvgIpc) is 2.26. The Morgan fingerprint density at radius 3 is 2.93 bits per heavy atom. The van der Waals surface area contributed by atoms with Crippen molar-refractivity contribution in [3.63, 3.8) is 0 Å². The Morgan fingerprint density at radius 1 is 1.47 bits per heavy atom. The van der Waals surface area contributed by atoms with Gasteiger partial charge < -0.3 is 10.2 Å². The minimum Gasteiger partial charge on any atom is -0.372 e. The molecule has 1 unspecified atom stereocenters. The highest BCUT2D eigenvalue weighted by molar-refractivity contribution is 5.98. The van der Waals surface area contributed by atoms with Gasteiger partial charge in [-0.1, -0.05) is 19.1 Å². The van der Waals surface area contributed by atoms with E-state index in [4.69, 9.17) is 0 Å². The van der Waals surface area contributed by atoms with E-state index < -0.39 is 0 Å². The van der Waals surface area contributed by atoms with Gasteiger partial charge in [0.2, 0.25) is 5.91 Å². The first-order chi connectivity index (χ1) is 7.09. The predicted molar refractivity (Wildman–Crippen MR) is 62.2 cm³/mol. The summed E-state index contributed by atoms with van der Waals surface area (Å²) in [5.41, 5.74) is 3.26. The number of fused-ring (bicyclic) bond motifs is 1. The molecule has 15 heavy (non-hydrogen) atoms. The molecule has 1 aromatic carbocycles. The monoisotopic (exact) mass is 204 g/mol. The number of rotatable bonds is 0. The summed E-state index contributed by atoms with van der Waals surface area (Å²) in [7, 11) is 2.03. The second kappa shape index (κ2) is 3.57. The summed E-state index contributed by atoms with van der Waals surface area (Å²) in [6.07, 6.45) is 0. The molecule has 0 saturated heterocycles. The van der Waals surface area contributed by atoms with E-state index in [9.17, 15) is 4.79 Å². The van der Waals surface area contributed by atoms with Gasteiger partial charge in [0.1, 0.15) is 0 Å². The SMILES string of the molecule is Cc1cccc2c1N(C)CC(C)C(=O)N2. The summed E-state index contributed by atoms with van der Waals surface area (Å²) >= 11 is 0. The van der Waals surface area contributed by atoms with Crippen LogP contribution >= 0.6 is 0 Å². The summed E-state index contributed by atoms with van der Waals surface area (Å²) in [6.45, 7) is 4.79. The molecule has 1 heterocycles. The molecule has 80 valence electrons. The van der Waals surface area contributed by atoms with Crippen molar-refractivity contribution in [3.8, 4) is 0 Å². The molecule has 3 nitrogen and oxygen atoms in total. The van der Waals surface area contributed by atoms with E-state index in [1.54, 1.807) is 0 Å². The van der Waals surface area contributed by atoms with E-state index in [0.29, 0.717) is 0 Å². The number of anilines is 2. The molecule has 1 atom stereocenters. The van der Waals surface area contributed by atoms with Gasteiger partial charge in [0, 0.05) is 13.6 Å². The van der Waals surface area contributed by atoms with Crippen molar-refractivity contribution >= 4 is 17.3 Å². The van der Waals surface area contributed by atoms with Gasteiger partial charge in [-0.15, -0.1) is 0 Å². The van der Waals surface area contributed by atoms with Gasteiger partial charge in [0.25, 0.3) is 0 Å². The van der Waals surface area contributed by atoms with Gasteiger partial charge in [-0.05, 0) is 18.6 Å². The van der Waals surface area contributed by atoms with Gasteiger partial charge >= 0.3 is 0 Å². The van der Waals surface area contributed by atoms with Crippen LogP contribution in [0.4, 0.5) is 11.4 Å². The molecule has 0 saturated carbocycles. The lowest BCUT2D eigenvalue weighted by atomic mass is 10.1. The normalized spacial score (nSPS) is 20.6. The number of carbonyl (C=O) groups excluding carboxylic acids is 1. The number of nitrogens with one attached hydrogen (secondary N) is 1. The third-order valence-electron chi connectivity index (χ3n) is 2.87. The fourth-order valence-corrected chi connectivity index (χ4v) is 2.11. The van der Waals surface area contributed by atoms with Crippen LogP contribution in [-0.2, 0) is 4.79 Å². The molecule has 0 radical (unpaired) electrons. The number of amides is 1. The predicted octanol–water partition coefficient (Wildman–Crippen LogP) is 2.02. The highest BCUT2D eigenvalue weighted by Crippen LogP contribution is 2.31. The molecule has 0 fully saturated rings. The second-order valence-corrected chi connectivity index (χ2v) is 4.24. The van der Waals surface area contributed by atoms with Crippen LogP contribution in [0.25, 0.3) is 0 Å². The minimum absolute atomic E-state index is 0.0294. The zero-order valence-corrected chi connectivity index (χ0v) is 9.37. The molecule has 0 aromatic heterocycles. The number of nitrogens with zero attached hydrogens (tertiary/aromatic N) is 1. The van der Waals surface area contributed by atoms with Gasteiger partial charge in [-0.2, -0.15) is 0 Å². The van der Waals surface area contributed by atoms with Gasteiger partial charge in [0.05, 0.1) is 17.3 Å². The van der Waals surface area contributed by atoms with Crippen molar-refractivity contribution in [2.75, 3.05) is 23.8 Å². The Morgan fingerprint density at radius 2 is 2.20 bits per heavy atom. The van der Waals surface area contributed by atoms with Crippen LogP contribution in [0, 0.1) is 12.8 Å². The first kappa shape index (κ1) is 10.0. The first-order valence-electron chi connectivity index (χ1n) is 5.21. The zero-order chi connectivity index (χ0) is 11.0. The van der Waals surface area contributed by atoms with Crippen LogP contribution in [0.3, 0.4) is 0 Å². The van der Waals surface area contributed by atoms with Crippen molar-refractivity contribution in [3.05, 3.63) is 23.8 Å². The van der Waals surface area contributed by atoms with Crippen LogP contribution in [0.5, 0.6) is 0 Å². The number of carbonyl (C=O) groups is 1. The molecule has 3 heteroatoms. The van der Waals surface area contributed by atoms with Crippen molar-refractivity contribution in [1.82, 2.24) is 0 Å². The van der Waals surface area contributed by atoms with Crippen molar-refractivity contribution in [2.45, 2.75) is 13.8 Å². The van der Waals surface area contributed by atoms with E-state index in [0.717, 1.165) is 17.9 Å². The second-order valence-electron chi connectivity index (χ2n) is 4.24. The maximum atomic E-state index is 11.7. The lowest BCUT2D eigenvalue weighted by Crippen LogP contribution is -2.27. The highest BCUT2D eigenvalue weighted by atomic mass is 16.1. The smallest absolute Gasteiger partial charge is 0.229 e. The van der Waals surface area contributed by atoms with Crippen LogP contribution in [0.15, 0.2) is 18.2 Å². The van der Waals surface area contributed by atoms with E-state index in [-0.39, 0.29) is 11.8 Å². The summed E-state index contributed by atoms with van der Waals surface area (Å²) in [4.78, 5) is 13.8. The van der Waals surface area contributed by atoms with Crippen LogP contribution < -0.4 is 10.2 Å². The largest absolute Gasteiger partial charge is 0.372 e. The Labute approximate surface area is 90.1 Å². The molecule has 1 N–H and O–H groups in total. The zero-order valence-electron chi connectivity index (χ0n) is 9.37. The van der Waals surface area contributed by atoms with E-state index in [1.165, 1.54) is 5.56 Å². The molecule has 2 rings (SSSR count). The highest BCUT2D eigenvalue weighted by Gasteiger charge is 2.23. The number of para-hydroxylation sites is 1. The van der Waals surface area contributed by atoms with E-state index in [2.05, 4.69) is 23.2 Å². The molecule has 1 amide bonds. The van der Waals surface area contributed by atoms with Gasteiger partial charge in [-0.3, -0.25) is 4.79 Å². The van der Waals surface area contributed by atoms with E-state index >= 15 is 0 Å². The van der Waals surface area contributed by atoms with Crippen molar-refractivity contribution in [1.29, 1.82) is 0 Å². The third-order valence-corrected chi connectivity index (χ3v) is 2.87. The maximum Gasteiger partial charge on any atom is 0.229 e. The number of hydrogen-bond acceptors (Lipinski definition) is 2. The number of hydrogen-bond donors (Lipinski definition) is 1. The van der Waals surface area contributed by atoms with Gasteiger partial charge in [-0.25, -0.2) is 0 Å². The van der Waals surface area contributed by atoms with Crippen LogP contribution in [0.2, 0.25) is 0 Å². The fraction of sp³-hybridized carbons (Fsp3) is 0.417. The topological polar surface area (TPSA) is 32.3 Å². The number of benzene rings is 1. The lowest BCUT2D eigenvalue weighted by molar-refractivity contribution is -0.119. The van der Waals surface area contributed by atoms with E-state index in [1.807, 2.05) is 26.1 Å². The average molecular weight is 204 g/mol. The Hall–Kier alpha value is -1.51. The Bertz CT molecular complexity index is 401. The third kappa shape index (κ3) is 1.69. The molecule has 1 aromatic rings. The summed E-state index contributed by atoms with van der Waals surface area (Å²) in [6, 6.07) is 5.99. The quantitative estimate of drug-likeness (QED) is 0.701. The minimum atomic E-state index is 0.0294. The van der Waals surface area contributed by atoms with Gasteiger partial charge in [0.15, 0.2) is 0 Å². The molecular weight excluding hydrogens is 188 g/mol. The molecule has 1 aliphatic rings. The molecular formula is C12H16N2O. The van der Waals surface area contributed by atoms with Crippen LogP contribution in [0.1, 0.15) is 12.5 Å². The standard InChI is InChI=1S/C12H16N2O/c1-8-5-4-6-10-11(8)14(3)7-9(2)12(15)13-10/h4-6,9H,7H2,1-3H3,(H,13,15). The fourth-order valence-electron chi connectivity index (χ4n) is 2.11. The Kier molecular flexibility index (Phi) is 2.39. The van der Waals surface area contributed by atoms with Crippen molar-refractivity contribution in [2.24, 2.45) is 5.92 Å². The van der Waals surface area contributed by atoms with Crippen LogP contribution in [-0.4, -0.2) is 19.5 Å². The summed E-state index contributed by atoms with van der Waals surface area (Å²) in [5, 5.41) is 2.96. The number of aryl methyl sites for hydroxylation is 1. The lowest BCUT2D eigenvalue weighted by Gasteiger charge is -2.21. The summed E-state index contributed by atoms with van der Waals surface area (Å²) in [5.74, 6) is 0.132.